The Morgan fingerprint density at radius 1 is 1.00 bits per heavy atom. The van der Waals surface area contributed by atoms with Crippen molar-refractivity contribution < 1.29 is 30.8 Å². The molecule has 0 unspecified atom stereocenters. The average molecular weight is 498 g/mol. The van der Waals surface area contributed by atoms with E-state index < -0.39 is 45.7 Å². The summed E-state index contributed by atoms with van der Waals surface area (Å²) in [6.45, 7) is -0.940. The summed E-state index contributed by atoms with van der Waals surface area (Å²) in [5.74, 6) is -1.35. The van der Waals surface area contributed by atoms with Crippen molar-refractivity contribution in [3.05, 3.63) is 70.4 Å². The van der Waals surface area contributed by atoms with Crippen molar-refractivity contribution in [1.82, 2.24) is 18.8 Å². The molecular formula is C21H18F4N4O4S. The Balaban J connectivity index is 1.54. The largest absolute Gasteiger partial charge is 0.438 e. The third-order valence-electron chi connectivity index (χ3n) is 5.44. The number of nitrogens with zero attached hydrogens (tertiary/aromatic N) is 4. The predicted molar refractivity (Wildman–Crippen MR) is 113 cm³/mol. The van der Waals surface area contributed by atoms with Gasteiger partial charge in [0.2, 0.25) is 21.6 Å². The van der Waals surface area contributed by atoms with E-state index in [0.717, 1.165) is 21.0 Å². The van der Waals surface area contributed by atoms with Gasteiger partial charge in [-0.2, -0.15) is 17.5 Å². The molecule has 1 aromatic heterocycles. The number of para-hydroxylation sites is 2. The lowest BCUT2D eigenvalue weighted by molar-refractivity contribution is -0.143. The number of alkyl halides is 3. The Labute approximate surface area is 191 Å². The molecule has 13 heteroatoms. The van der Waals surface area contributed by atoms with Gasteiger partial charge >= 0.3 is 6.18 Å². The van der Waals surface area contributed by atoms with Gasteiger partial charge in [0.05, 0.1) is 15.9 Å². The lowest BCUT2D eigenvalue weighted by Crippen LogP contribution is -2.51. The van der Waals surface area contributed by atoms with Gasteiger partial charge in [0.25, 0.3) is 5.56 Å². The number of hydrogen-bond acceptors (Lipinski definition) is 5. The smallest absolute Gasteiger partial charge is 0.338 e. The van der Waals surface area contributed by atoms with Crippen molar-refractivity contribution in [2.45, 2.75) is 17.6 Å². The summed E-state index contributed by atoms with van der Waals surface area (Å²) in [6.07, 6.45) is -5.00. The number of carbonyl (C=O) groups is 1. The van der Waals surface area contributed by atoms with Crippen LogP contribution >= 0.6 is 0 Å². The van der Waals surface area contributed by atoms with Crippen LogP contribution in [0.2, 0.25) is 0 Å². The van der Waals surface area contributed by atoms with Crippen LogP contribution in [0.15, 0.2) is 58.2 Å². The highest BCUT2D eigenvalue weighted by Crippen LogP contribution is 2.26. The van der Waals surface area contributed by atoms with Crippen molar-refractivity contribution in [2.24, 2.45) is 0 Å². The van der Waals surface area contributed by atoms with Gasteiger partial charge in [-0.25, -0.2) is 17.8 Å². The summed E-state index contributed by atoms with van der Waals surface area (Å²) in [6, 6.07) is 10.2. The minimum absolute atomic E-state index is 0.0444. The minimum atomic E-state index is -5.00. The van der Waals surface area contributed by atoms with Crippen LogP contribution in [0.25, 0.3) is 11.0 Å². The highest BCUT2D eigenvalue weighted by atomic mass is 32.2. The number of carbonyl (C=O) groups excluding carboxylic acids is 1. The third kappa shape index (κ3) is 4.53. The van der Waals surface area contributed by atoms with E-state index in [9.17, 15) is 35.6 Å². The Morgan fingerprint density at radius 3 is 2.32 bits per heavy atom. The first-order chi connectivity index (χ1) is 16.0. The molecule has 1 aliphatic heterocycles. The molecule has 8 nitrogen and oxygen atoms in total. The Kier molecular flexibility index (Phi) is 6.16. The monoisotopic (exact) mass is 498 g/mol. The zero-order chi connectivity index (χ0) is 24.7. The Bertz CT molecular complexity index is 1410. The van der Waals surface area contributed by atoms with Gasteiger partial charge in [0, 0.05) is 26.2 Å². The van der Waals surface area contributed by atoms with E-state index >= 15 is 0 Å². The van der Waals surface area contributed by atoms with Crippen LogP contribution in [-0.2, 0) is 27.5 Å². The fraction of sp³-hybridized carbons (Fsp3) is 0.286. The average Bonchev–Trinajstić information content (AvgIpc) is 2.80. The molecule has 0 spiro atoms. The lowest BCUT2D eigenvalue weighted by atomic mass is 10.2. The second kappa shape index (κ2) is 8.80. The fourth-order valence-electron chi connectivity index (χ4n) is 3.72. The molecular weight excluding hydrogens is 480 g/mol. The standard InChI is InChI=1S/C21H18F4N4O4S/c22-14-4-3-5-15(12-14)34(32,33)28-10-8-27(9-11-28)18(30)13-29-17-7-2-1-6-16(17)26-19(20(29)31)21(23,24)25/h1-7,12H,8-11,13H2. The maximum atomic E-state index is 13.4. The maximum absolute atomic E-state index is 13.4. The fourth-order valence-corrected chi connectivity index (χ4v) is 5.18. The summed E-state index contributed by atoms with van der Waals surface area (Å²) in [4.78, 5) is 29.8. The number of amides is 1. The Hall–Kier alpha value is -3.32. The lowest BCUT2D eigenvalue weighted by Gasteiger charge is -2.34. The third-order valence-corrected chi connectivity index (χ3v) is 7.33. The second-order valence-corrected chi connectivity index (χ2v) is 9.52. The number of aromatic nitrogens is 2. The molecule has 0 radical (unpaired) electrons. The van der Waals surface area contributed by atoms with Gasteiger partial charge in [-0.3, -0.25) is 14.2 Å². The van der Waals surface area contributed by atoms with Crippen molar-refractivity contribution in [3.63, 3.8) is 0 Å². The summed E-state index contributed by atoms with van der Waals surface area (Å²) in [5, 5.41) is 0. The van der Waals surface area contributed by atoms with Gasteiger partial charge in [0.15, 0.2) is 0 Å². The number of benzene rings is 2. The zero-order valence-corrected chi connectivity index (χ0v) is 18.3. The number of fused-ring (bicyclic) bond motifs is 1. The van der Waals surface area contributed by atoms with Crippen molar-refractivity contribution >= 4 is 27.0 Å². The van der Waals surface area contributed by atoms with Crippen LogP contribution in [0.5, 0.6) is 0 Å². The van der Waals surface area contributed by atoms with E-state index in [4.69, 9.17) is 0 Å². The summed E-state index contributed by atoms with van der Waals surface area (Å²) in [5.41, 5.74) is -3.08. The topological polar surface area (TPSA) is 92.6 Å². The Morgan fingerprint density at radius 2 is 1.68 bits per heavy atom. The van der Waals surface area contributed by atoms with Gasteiger partial charge < -0.3 is 4.90 Å². The summed E-state index contributed by atoms with van der Waals surface area (Å²) < 4.78 is 80.7. The quantitative estimate of drug-likeness (QED) is 0.514. The molecule has 2 aromatic carbocycles. The molecule has 1 amide bonds. The minimum Gasteiger partial charge on any atom is -0.338 e. The first-order valence-corrected chi connectivity index (χ1v) is 11.5. The summed E-state index contributed by atoms with van der Waals surface area (Å²) >= 11 is 0. The molecule has 34 heavy (non-hydrogen) atoms. The molecule has 1 fully saturated rings. The van der Waals surface area contributed by atoms with E-state index in [1.54, 1.807) is 0 Å². The molecule has 0 N–H and O–H groups in total. The molecule has 0 aliphatic carbocycles. The second-order valence-electron chi connectivity index (χ2n) is 7.58. The first kappa shape index (κ1) is 23.8. The number of rotatable bonds is 4. The van der Waals surface area contributed by atoms with Gasteiger partial charge in [-0.05, 0) is 30.3 Å². The molecule has 1 aliphatic rings. The molecule has 0 atom stereocenters. The zero-order valence-electron chi connectivity index (χ0n) is 17.5. The van der Waals surface area contributed by atoms with Crippen LogP contribution in [0, 0.1) is 5.82 Å². The van der Waals surface area contributed by atoms with E-state index in [0.29, 0.717) is 0 Å². The van der Waals surface area contributed by atoms with Crippen molar-refractivity contribution in [1.29, 1.82) is 0 Å². The predicted octanol–water partition coefficient (Wildman–Crippen LogP) is 2.09. The van der Waals surface area contributed by atoms with E-state index in [2.05, 4.69) is 4.98 Å². The number of hydrogen-bond donors (Lipinski definition) is 0. The van der Waals surface area contributed by atoms with Gasteiger partial charge in [-0.15, -0.1) is 0 Å². The van der Waals surface area contributed by atoms with Gasteiger partial charge in [-0.1, -0.05) is 18.2 Å². The summed E-state index contributed by atoms with van der Waals surface area (Å²) in [7, 11) is -3.98. The molecule has 1 saturated heterocycles. The van der Waals surface area contributed by atoms with Crippen molar-refractivity contribution in [3.8, 4) is 0 Å². The van der Waals surface area contributed by atoms with Crippen LogP contribution in [0.3, 0.4) is 0 Å². The first-order valence-electron chi connectivity index (χ1n) is 10.1. The normalized spacial score (nSPS) is 15.6. The molecule has 4 rings (SSSR count). The van der Waals surface area contributed by atoms with E-state index in [1.807, 2.05) is 0 Å². The SMILES string of the molecule is O=C(Cn1c(=O)c(C(F)(F)F)nc2ccccc21)N1CCN(S(=O)(=O)c2cccc(F)c2)CC1. The highest BCUT2D eigenvalue weighted by Gasteiger charge is 2.38. The van der Waals surface area contributed by atoms with Crippen LogP contribution in [-0.4, -0.2) is 59.3 Å². The van der Waals surface area contributed by atoms with Gasteiger partial charge in [0.1, 0.15) is 12.4 Å². The van der Waals surface area contributed by atoms with E-state index in [1.165, 1.54) is 41.3 Å². The van der Waals surface area contributed by atoms with E-state index in [-0.39, 0.29) is 42.1 Å². The van der Waals surface area contributed by atoms with Crippen molar-refractivity contribution in [2.75, 3.05) is 26.2 Å². The molecule has 2 heterocycles. The van der Waals surface area contributed by atoms with Crippen LogP contribution in [0.1, 0.15) is 5.69 Å². The van der Waals surface area contributed by atoms with Crippen LogP contribution in [0.4, 0.5) is 17.6 Å². The molecule has 3 aromatic rings. The number of halogens is 4. The van der Waals surface area contributed by atoms with Crippen LogP contribution < -0.4 is 5.56 Å². The number of sulfonamides is 1. The maximum Gasteiger partial charge on any atom is 0.438 e. The molecule has 0 bridgehead atoms. The highest BCUT2D eigenvalue weighted by molar-refractivity contribution is 7.89. The molecule has 180 valence electrons. The molecule has 0 saturated carbocycles. The number of piperazine rings is 1.